The number of ether oxygens (including phenoxy) is 1. The van der Waals surface area contributed by atoms with Gasteiger partial charge < -0.3 is 14.6 Å². The second-order valence-electron chi connectivity index (χ2n) is 5.21. The highest BCUT2D eigenvalue weighted by molar-refractivity contribution is 5.31. The molecule has 106 valence electrons. The highest BCUT2D eigenvalue weighted by atomic mass is 16.5. The number of hydrogen-bond acceptors (Lipinski definition) is 5. The van der Waals surface area contributed by atoms with E-state index in [9.17, 15) is 0 Å². The van der Waals surface area contributed by atoms with Crippen LogP contribution in [0.15, 0.2) is 22.7 Å². The van der Waals surface area contributed by atoms with Crippen molar-refractivity contribution < 1.29 is 9.26 Å². The van der Waals surface area contributed by atoms with Gasteiger partial charge in [0.1, 0.15) is 6.10 Å². The van der Waals surface area contributed by atoms with Gasteiger partial charge in [-0.05, 0) is 30.5 Å². The average Bonchev–Trinajstić information content (AvgIpc) is 2.92. The van der Waals surface area contributed by atoms with Crippen LogP contribution in [0.4, 0.5) is 0 Å². The summed E-state index contributed by atoms with van der Waals surface area (Å²) >= 11 is 0. The Morgan fingerprint density at radius 2 is 2.20 bits per heavy atom. The predicted octanol–water partition coefficient (Wildman–Crippen LogP) is 1.94. The van der Waals surface area contributed by atoms with Gasteiger partial charge >= 0.3 is 0 Å². The Morgan fingerprint density at radius 3 is 2.95 bits per heavy atom. The zero-order valence-corrected chi connectivity index (χ0v) is 11.8. The molecule has 1 aliphatic rings. The van der Waals surface area contributed by atoms with Crippen LogP contribution in [0.3, 0.4) is 0 Å². The normalized spacial score (nSPS) is 19.2. The highest BCUT2D eigenvalue weighted by Crippen LogP contribution is 2.17. The summed E-state index contributed by atoms with van der Waals surface area (Å²) in [6, 6.07) is 6.39. The lowest BCUT2D eigenvalue weighted by atomic mass is 10.0. The number of hydrogen-bond donors (Lipinski definition) is 1. The molecule has 2 heterocycles. The Labute approximate surface area is 118 Å². The van der Waals surface area contributed by atoms with Crippen molar-refractivity contribution in [3.05, 3.63) is 46.6 Å². The van der Waals surface area contributed by atoms with Crippen LogP contribution >= 0.6 is 0 Å². The summed E-state index contributed by atoms with van der Waals surface area (Å²) in [6.07, 6.45) is 0.565. The Hall–Kier alpha value is -1.72. The number of benzene rings is 1. The summed E-state index contributed by atoms with van der Waals surface area (Å²) in [6.45, 7) is 6.52. The van der Waals surface area contributed by atoms with Crippen molar-refractivity contribution in [2.45, 2.75) is 26.4 Å². The van der Waals surface area contributed by atoms with Crippen LogP contribution in [0.2, 0.25) is 0 Å². The Bertz CT molecular complexity index is 589. The molecule has 1 saturated heterocycles. The first-order valence-electron chi connectivity index (χ1n) is 6.93. The van der Waals surface area contributed by atoms with Crippen molar-refractivity contribution >= 4 is 0 Å². The number of aromatic nitrogens is 2. The van der Waals surface area contributed by atoms with Gasteiger partial charge in [-0.25, -0.2) is 0 Å². The minimum Gasteiger partial charge on any atom is -0.367 e. The Kier molecular flexibility index (Phi) is 3.80. The van der Waals surface area contributed by atoms with E-state index in [1.54, 1.807) is 0 Å². The third-order valence-electron chi connectivity index (χ3n) is 3.63. The van der Waals surface area contributed by atoms with Crippen molar-refractivity contribution in [1.82, 2.24) is 15.5 Å². The molecule has 0 aliphatic carbocycles. The van der Waals surface area contributed by atoms with Crippen LogP contribution in [-0.4, -0.2) is 29.8 Å². The van der Waals surface area contributed by atoms with E-state index in [0.29, 0.717) is 24.7 Å². The summed E-state index contributed by atoms with van der Waals surface area (Å²) in [4.78, 5) is 4.44. The molecule has 1 unspecified atom stereocenters. The molecule has 1 atom stereocenters. The summed E-state index contributed by atoms with van der Waals surface area (Å²) in [5.74, 6) is 1.27. The molecule has 0 bridgehead atoms. The largest absolute Gasteiger partial charge is 0.367 e. The standard InChI is InChI=1S/C15H19N3O2/c1-10-3-4-12(7-11(10)2)8-14-17-15(18-20-14)13-9-16-5-6-19-13/h3-4,7,13,16H,5-6,8-9H2,1-2H3. The van der Waals surface area contributed by atoms with Gasteiger partial charge in [-0.15, -0.1) is 0 Å². The third-order valence-corrected chi connectivity index (χ3v) is 3.63. The van der Waals surface area contributed by atoms with E-state index >= 15 is 0 Å². The first kappa shape index (κ1) is 13.3. The third kappa shape index (κ3) is 2.89. The molecular weight excluding hydrogens is 254 g/mol. The second kappa shape index (κ2) is 5.73. The van der Waals surface area contributed by atoms with Crippen molar-refractivity contribution in [3.8, 4) is 0 Å². The second-order valence-corrected chi connectivity index (χ2v) is 5.21. The molecule has 1 fully saturated rings. The van der Waals surface area contributed by atoms with E-state index in [1.807, 2.05) is 0 Å². The number of rotatable bonds is 3. The first-order valence-corrected chi connectivity index (χ1v) is 6.93. The van der Waals surface area contributed by atoms with Crippen LogP contribution in [0.25, 0.3) is 0 Å². The zero-order valence-electron chi connectivity index (χ0n) is 11.8. The van der Waals surface area contributed by atoms with Crippen molar-refractivity contribution in [2.75, 3.05) is 19.7 Å². The molecule has 20 heavy (non-hydrogen) atoms. The molecule has 0 spiro atoms. The molecule has 1 aromatic carbocycles. The van der Waals surface area contributed by atoms with Crippen molar-refractivity contribution in [2.24, 2.45) is 0 Å². The van der Waals surface area contributed by atoms with Crippen LogP contribution in [-0.2, 0) is 11.2 Å². The monoisotopic (exact) mass is 273 g/mol. The Balaban J connectivity index is 1.71. The number of morpholine rings is 1. The highest BCUT2D eigenvalue weighted by Gasteiger charge is 2.21. The zero-order chi connectivity index (χ0) is 13.9. The summed E-state index contributed by atoms with van der Waals surface area (Å²) in [7, 11) is 0. The fraction of sp³-hybridized carbons (Fsp3) is 0.467. The minimum atomic E-state index is -0.0963. The van der Waals surface area contributed by atoms with Crippen LogP contribution < -0.4 is 5.32 Å². The fourth-order valence-corrected chi connectivity index (χ4v) is 2.29. The molecule has 5 nitrogen and oxygen atoms in total. The maximum Gasteiger partial charge on any atom is 0.231 e. The smallest absolute Gasteiger partial charge is 0.231 e. The topological polar surface area (TPSA) is 60.2 Å². The first-order chi connectivity index (χ1) is 9.72. The van der Waals surface area contributed by atoms with E-state index in [0.717, 1.165) is 13.1 Å². The van der Waals surface area contributed by atoms with Crippen LogP contribution in [0, 0.1) is 13.8 Å². The van der Waals surface area contributed by atoms with Gasteiger partial charge in [-0.1, -0.05) is 23.4 Å². The van der Waals surface area contributed by atoms with Gasteiger partial charge in [0.2, 0.25) is 11.7 Å². The van der Waals surface area contributed by atoms with Gasteiger partial charge in [0, 0.05) is 13.1 Å². The number of aryl methyl sites for hydroxylation is 2. The molecule has 0 radical (unpaired) electrons. The fourth-order valence-electron chi connectivity index (χ4n) is 2.29. The van der Waals surface area contributed by atoms with Gasteiger partial charge in [-0.3, -0.25) is 0 Å². The summed E-state index contributed by atoms with van der Waals surface area (Å²) < 4.78 is 10.9. The molecule has 1 aliphatic heterocycles. The maximum absolute atomic E-state index is 5.61. The minimum absolute atomic E-state index is 0.0963. The van der Waals surface area contributed by atoms with E-state index in [-0.39, 0.29) is 6.10 Å². The SMILES string of the molecule is Cc1ccc(Cc2nc(C3CNCCO3)no2)cc1C. The van der Waals surface area contributed by atoms with Crippen molar-refractivity contribution in [1.29, 1.82) is 0 Å². The van der Waals surface area contributed by atoms with Gasteiger partial charge in [0.05, 0.1) is 13.0 Å². The molecule has 0 saturated carbocycles. The predicted molar refractivity (Wildman–Crippen MR) is 74.6 cm³/mol. The summed E-state index contributed by atoms with van der Waals surface area (Å²) in [5, 5.41) is 7.28. The van der Waals surface area contributed by atoms with E-state index in [2.05, 4.69) is 47.5 Å². The number of nitrogens with zero attached hydrogens (tertiary/aromatic N) is 2. The van der Waals surface area contributed by atoms with Crippen molar-refractivity contribution in [3.63, 3.8) is 0 Å². The molecule has 2 aromatic rings. The van der Waals surface area contributed by atoms with Crippen LogP contribution in [0.1, 0.15) is 34.5 Å². The van der Waals surface area contributed by atoms with E-state index in [4.69, 9.17) is 9.26 Å². The van der Waals surface area contributed by atoms with Gasteiger partial charge in [-0.2, -0.15) is 4.98 Å². The number of nitrogens with one attached hydrogen (secondary N) is 1. The molecule has 3 rings (SSSR count). The molecule has 5 heteroatoms. The quantitative estimate of drug-likeness (QED) is 0.926. The lowest BCUT2D eigenvalue weighted by molar-refractivity contribution is 0.0208. The van der Waals surface area contributed by atoms with Crippen LogP contribution in [0.5, 0.6) is 0 Å². The van der Waals surface area contributed by atoms with Gasteiger partial charge in [0.25, 0.3) is 0 Å². The molecular formula is C15H19N3O2. The maximum atomic E-state index is 5.61. The van der Waals surface area contributed by atoms with E-state index < -0.39 is 0 Å². The Morgan fingerprint density at radius 1 is 1.30 bits per heavy atom. The molecule has 1 aromatic heterocycles. The van der Waals surface area contributed by atoms with Gasteiger partial charge in [0.15, 0.2) is 0 Å². The molecule has 0 amide bonds. The lowest BCUT2D eigenvalue weighted by Gasteiger charge is -2.20. The van der Waals surface area contributed by atoms with E-state index in [1.165, 1.54) is 16.7 Å². The average molecular weight is 273 g/mol. The summed E-state index contributed by atoms with van der Waals surface area (Å²) in [5.41, 5.74) is 3.76. The lowest BCUT2D eigenvalue weighted by Crippen LogP contribution is -2.33. The molecule has 1 N–H and O–H groups in total.